The molecule has 0 radical (unpaired) electrons. The van der Waals surface area contributed by atoms with Crippen molar-refractivity contribution >= 4 is 5.97 Å². The maximum atomic E-state index is 11.0. The molecule has 0 aliphatic carbocycles. The van der Waals surface area contributed by atoms with E-state index in [2.05, 4.69) is 4.90 Å². The maximum Gasteiger partial charge on any atom is 0.306 e. The number of nitrogens with zero attached hydrogens (tertiary/aromatic N) is 1. The SMILES string of the molecule is CCC(C(=O)O)C(C)CN1CCOCC1. The molecule has 0 spiro atoms. The third-order valence-electron chi connectivity index (χ3n) is 3.09. The van der Waals surface area contributed by atoms with Crippen LogP contribution in [0.2, 0.25) is 0 Å². The summed E-state index contributed by atoms with van der Waals surface area (Å²) >= 11 is 0. The molecular weight excluding hydrogens is 194 g/mol. The van der Waals surface area contributed by atoms with Crippen LogP contribution in [0.1, 0.15) is 20.3 Å². The number of hydrogen-bond acceptors (Lipinski definition) is 3. The minimum Gasteiger partial charge on any atom is -0.481 e. The largest absolute Gasteiger partial charge is 0.481 e. The molecule has 0 saturated carbocycles. The van der Waals surface area contributed by atoms with Gasteiger partial charge < -0.3 is 9.84 Å². The number of morpholine rings is 1. The third-order valence-corrected chi connectivity index (χ3v) is 3.09. The molecule has 1 saturated heterocycles. The van der Waals surface area contributed by atoms with Crippen molar-refractivity contribution in [1.82, 2.24) is 4.90 Å². The Morgan fingerprint density at radius 2 is 2.07 bits per heavy atom. The summed E-state index contributed by atoms with van der Waals surface area (Å²) in [5.74, 6) is -0.670. The topological polar surface area (TPSA) is 49.8 Å². The highest BCUT2D eigenvalue weighted by Crippen LogP contribution is 2.17. The minimum atomic E-state index is -0.668. The van der Waals surface area contributed by atoms with Crippen LogP contribution in [0.5, 0.6) is 0 Å². The van der Waals surface area contributed by atoms with E-state index >= 15 is 0 Å². The molecule has 15 heavy (non-hydrogen) atoms. The van der Waals surface area contributed by atoms with Crippen LogP contribution in [0.15, 0.2) is 0 Å². The second kappa shape index (κ2) is 6.08. The van der Waals surface area contributed by atoms with Gasteiger partial charge in [-0.2, -0.15) is 0 Å². The van der Waals surface area contributed by atoms with Crippen molar-refractivity contribution in [3.63, 3.8) is 0 Å². The first-order chi connectivity index (χ1) is 7.15. The molecule has 0 amide bonds. The third kappa shape index (κ3) is 3.80. The van der Waals surface area contributed by atoms with Crippen LogP contribution in [0, 0.1) is 11.8 Å². The van der Waals surface area contributed by atoms with Gasteiger partial charge in [-0.15, -0.1) is 0 Å². The second-order valence-electron chi connectivity index (χ2n) is 4.24. The van der Waals surface area contributed by atoms with E-state index in [1.54, 1.807) is 0 Å². The van der Waals surface area contributed by atoms with Crippen LogP contribution >= 0.6 is 0 Å². The zero-order valence-electron chi connectivity index (χ0n) is 9.61. The van der Waals surface area contributed by atoms with Crippen molar-refractivity contribution < 1.29 is 14.6 Å². The highest BCUT2D eigenvalue weighted by Gasteiger charge is 2.25. The standard InChI is InChI=1S/C11H21NO3/c1-3-10(11(13)14)9(2)8-12-4-6-15-7-5-12/h9-10H,3-8H2,1-2H3,(H,13,14). The van der Waals surface area contributed by atoms with Gasteiger partial charge in [0.1, 0.15) is 0 Å². The van der Waals surface area contributed by atoms with E-state index in [4.69, 9.17) is 9.84 Å². The summed E-state index contributed by atoms with van der Waals surface area (Å²) in [6.07, 6.45) is 0.709. The Bertz CT molecular complexity index is 202. The molecule has 2 atom stereocenters. The average Bonchev–Trinajstić information content (AvgIpc) is 2.19. The van der Waals surface area contributed by atoms with E-state index in [1.807, 2.05) is 13.8 Å². The zero-order chi connectivity index (χ0) is 11.3. The first kappa shape index (κ1) is 12.5. The number of hydrogen-bond donors (Lipinski definition) is 1. The monoisotopic (exact) mass is 215 g/mol. The highest BCUT2D eigenvalue weighted by molar-refractivity contribution is 5.70. The van der Waals surface area contributed by atoms with Crippen molar-refractivity contribution in [3.05, 3.63) is 0 Å². The van der Waals surface area contributed by atoms with Crippen molar-refractivity contribution in [2.45, 2.75) is 20.3 Å². The fourth-order valence-electron chi connectivity index (χ4n) is 2.14. The Labute approximate surface area is 91.2 Å². The van der Waals surface area contributed by atoms with E-state index in [9.17, 15) is 4.79 Å². The van der Waals surface area contributed by atoms with Crippen LogP contribution in [0.3, 0.4) is 0 Å². The predicted octanol–water partition coefficient (Wildman–Crippen LogP) is 1.07. The number of rotatable bonds is 5. The molecule has 1 aliphatic heterocycles. The molecule has 88 valence electrons. The quantitative estimate of drug-likeness (QED) is 0.745. The molecule has 1 rings (SSSR count). The van der Waals surface area contributed by atoms with Crippen LogP contribution in [-0.4, -0.2) is 48.8 Å². The first-order valence-corrected chi connectivity index (χ1v) is 5.68. The summed E-state index contributed by atoms with van der Waals surface area (Å²) < 4.78 is 5.26. The average molecular weight is 215 g/mol. The summed E-state index contributed by atoms with van der Waals surface area (Å²) in [7, 11) is 0. The van der Waals surface area contributed by atoms with Gasteiger partial charge in [0, 0.05) is 19.6 Å². The van der Waals surface area contributed by atoms with E-state index in [1.165, 1.54) is 0 Å². The molecule has 1 fully saturated rings. The Hall–Kier alpha value is -0.610. The Morgan fingerprint density at radius 1 is 1.47 bits per heavy atom. The van der Waals surface area contributed by atoms with Gasteiger partial charge in [0.2, 0.25) is 0 Å². The molecule has 1 aliphatic rings. The second-order valence-corrected chi connectivity index (χ2v) is 4.24. The molecule has 1 N–H and O–H groups in total. The van der Waals surface area contributed by atoms with Gasteiger partial charge in [-0.1, -0.05) is 13.8 Å². The van der Waals surface area contributed by atoms with Gasteiger partial charge in [0.25, 0.3) is 0 Å². The number of carboxylic acid groups (broad SMARTS) is 1. The summed E-state index contributed by atoms with van der Waals surface area (Å²) in [5, 5.41) is 9.03. The predicted molar refractivity (Wildman–Crippen MR) is 57.8 cm³/mol. The lowest BCUT2D eigenvalue weighted by molar-refractivity contribution is -0.144. The van der Waals surface area contributed by atoms with Crippen LogP contribution in [0.4, 0.5) is 0 Å². The Balaban J connectivity index is 2.38. The van der Waals surface area contributed by atoms with E-state index < -0.39 is 5.97 Å². The Morgan fingerprint density at radius 3 is 2.53 bits per heavy atom. The number of aliphatic carboxylic acids is 1. The summed E-state index contributed by atoms with van der Waals surface area (Å²) in [6, 6.07) is 0. The lowest BCUT2D eigenvalue weighted by Gasteiger charge is -2.30. The summed E-state index contributed by atoms with van der Waals surface area (Å²) in [5.41, 5.74) is 0. The van der Waals surface area contributed by atoms with Gasteiger partial charge >= 0.3 is 5.97 Å². The molecule has 4 heteroatoms. The molecular formula is C11H21NO3. The first-order valence-electron chi connectivity index (χ1n) is 5.68. The van der Waals surface area contributed by atoms with E-state index in [0.717, 1.165) is 32.8 Å². The van der Waals surface area contributed by atoms with Crippen LogP contribution in [-0.2, 0) is 9.53 Å². The lowest BCUT2D eigenvalue weighted by atomic mass is 9.91. The van der Waals surface area contributed by atoms with Gasteiger partial charge in [0.05, 0.1) is 19.1 Å². The molecule has 0 aromatic rings. The highest BCUT2D eigenvalue weighted by atomic mass is 16.5. The van der Waals surface area contributed by atoms with Crippen LogP contribution in [0.25, 0.3) is 0 Å². The number of carboxylic acids is 1. The van der Waals surface area contributed by atoms with Crippen LogP contribution < -0.4 is 0 Å². The van der Waals surface area contributed by atoms with Gasteiger partial charge in [-0.25, -0.2) is 0 Å². The van der Waals surface area contributed by atoms with Gasteiger partial charge in [-0.05, 0) is 12.3 Å². The molecule has 2 unspecified atom stereocenters. The van der Waals surface area contributed by atoms with E-state index in [-0.39, 0.29) is 11.8 Å². The van der Waals surface area contributed by atoms with Gasteiger partial charge in [0.15, 0.2) is 0 Å². The minimum absolute atomic E-state index is 0.214. The van der Waals surface area contributed by atoms with Crippen molar-refractivity contribution in [2.75, 3.05) is 32.8 Å². The molecule has 4 nitrogen and oxygen atoms in total. The summed E-state index contributed by atoms with van der Waals surface area (Å²) in [4.78, 5) is 13.3. The fraction of sp³-hybridized carbons (Fsp3) is 0.909. The lowest BCUT2D eigenvalue weighted by Crippen LogP contribution is -2.41. The Kier molecular flexibility index (Phi) is 5.05. The molecule has 0 aromatic carbocycles. The maximum absolute atomic E-state index is 11.0. The molecule has 0 aromatic heterocycles. The fourth-order valence-corrected chi connectivity index (χ4v) is 2.14. The molecule has 0 bridgehead atoms. The van der Waals surface area contributed by atoms with Crippen molar-refractivity contribution in [3.8, 4) is 0 Å². The van der Waals surface area contributed by atoms with E-state index in [0.29, 0.717) is 6.42 Å². The smallest absolute Gasteiger partial charge is 0.306 e. The van der Waals surface area contributed by atoms with Crippen molar-refractivity contribution in [1.29, 1.82) is 0 Å². The number of carbonyl (C=O) groups is 1. The zero-order valence-corrected chi connectivity index (χ0v) is 9.61. The molecule has 1 heterocycles. The number of ether oxygens (including phenoxy) is 1. The normalized spacial score (nSPS) is 22.3. The van der Waals surface area contributed by atoms with Gasteiger partial charge in [-0.3, -0.25) is 9.69 Å². The summed E-state index contributed by atoms with van der Waals surface area (Å²) in [6.45, 7) is 8.24. The van der Waals surface area contributed by atoms with Crippen molar-refractivity contribution in [2.24, 2.45) is 11.8 Å².